The summed E-state index contributed by atoms with van der Waals surface area (Å²) in [4.78, 5) is 21.0. The number of hydrogen-bond donors (Lipinski definition) is 1. The molecule has 1 aromatic rings. The quantitative estimate of drug-likeness (QED) is 0.855. The number of piperazine rings is 1. The monoisotopic (exact) mass is 293 g/mol. The molecule has 0 aromatic carbocycles. The average molecular weight is 293 g/mol. The van der Waals surface area contributed by atoms with Crippen LogP contribution in [0.2, 0.25) is 0 Å². The van der Waals surface area contributed by atoms with E-state index in [4.69, 9.17) is 0 Å². The molecule has 0 amide bonds. The molecule has 0 aliphatic carbocycles. The Bertz CT molecular complexity index is 505. The second-order valence-corrected chi connectivity index (χ2v) is 6.22. The molecule has 2 heterocycles. The maximum Gasteiger partial charge on any atom is 0.293 e. The van der Waals surface area contributed by atoms with Crippen molar-refractivity contribution >= 4 is 5.82 Å². The van der Waals surface area contributed by atoms with Gasteiger partial charge in [-0.1, -0.05) is 13.8 Å². The van der Waals surface area contributed by atoms with Crippen molar-refractivity contribution in [3.05, 3.63) is 22.7 Å². The summed E-state index contributed by atoms with van der Waals surface area (Å²) >= 11 is 0. The first-order valence-corrected chi connectivity index (χ1v) is 7.67. The minimum atomic E-state index is -0.0709. The third-order valence-corrected chi connectivity index (χ3v) is 4.27. The van der Waals surface area contributed by atoms with Crippen molar-refractivity contribution < 1.29 is 0 Å². The van der Waals surface area contributed by atoms with Crippen molar-refractivity contribution in [1.82, 2.24) is 19.4 Å². The number of likely N-dealkylation sites (N-methyl/N-ethyl adjacent to an activating group) is 1. The number of anilines is 1. The largest absolute Gasteiger partial charge is 0.364 e. The van der Waals surface area contributed by atoms with E-state index in [0.717, 1.165) is 32.7 Å². The van der Waals surface area contributed by atoms with Crippen molar-refractivity contribution in [2.75, 3.05) is 45.1 Å². The Labute approximate surface area is 126 Å². The molecule has 0 bridgehead atoms. The number of aromatic nitrogens is 2. The summed E-state index contributed by atoms with van der Waals surface area (Å²) < 4.78 is 1.55. The standard InChI is InChI=1S/C15H27N5O/c1-12(2)13(20-9-7-18(3)8-10-20)11-17-14-15(21)19(4)6-5-16-14/h5-6,12-13H,7-11H2,1-4H3,(H,16,17). The maximum absolute atomic E-state index is 12.0. The fraction of sp³-hybridized carbons (Fsp3) is 0.733. The molecule has 0 radical (unpaired) electrons. The van der Waals surface area contributed by atoms with Gasteiger partial charge in [0.1, 0.15) is 0 Å². The highest BCUT2D eigenvalue weighted by Crippen LogP contribution is 2.13. The van der Waals surface area contributed by atoms with E-state index in [9.17, 15) is 4.79 Å². The summed E-state index contributed by atoms with van der Waals surface area (Å²) in [5.41, 5.74) is -0.0709. The van der Waals surface area contributed by atoms with E-state index in [-0.39, 0.29) is 5.56 Å². The van der Waals surface area contributed by atoms with E-state index in [2.05, 4.69) is 41.0 Å². The van der Waals surface area contributed by atoms with Crippen LogP contribution in [0.15, 0.2) is 17.2 Å². The first-order chi connectivity index (χ1) is 9.99. The van der Waals surface area contributed by atoms with E-state index in [1.54, 1.807) is 24.0 Å². The molecule has 6 nitrogen and oxygen atoms in total. The second-order valence-electron chi connectivity index (χ2n) is 6.22. The van der Waals surface area contributed by atoms with Gasteiger partial charge in [0.05, 0.1) is 0 Å². The molecular weight excluding hydrogens is 266 g/mol. The first kappa shape index (κ1) is 16.0. The molecule has 1 unspecified atom stereocenters. The summed E-state index contributed by atoms with van der Waals surface area (Å²) in [7, 11) is 3.91. The molecule has 6 heteroatoms. The summed E-state index contributed by atoms with van der Waals surface area (Å²) in [6, 6.07) is 0.422. The van der Waals surface area contributed by atoms with Crippen molar-refractivity contribution in [3.8, 4) is 0 Å². The number of hydrogen-bond acceptors (Lipinski definition) is 5. The van der Waals surface area contributed by atoms with Gasteiger partial charge >= 0.3 is 0 Å². The molecule has 0 spiro atoms. The lowest BCUT2D eigenvalue weighted by Gasteiger charge is -2.40. The summed E-state index contributed by atoms with van der Waals surface area (Å²) in [5, 5.41) is 3.24. The number of nitrogens with zero attached hydrogens (tertiary/aromatic N) is 4. The van der Waals surface area contributed by atoms with E-state index < -0.39 is 0 Å². The van der Waals surface area contributed by atoms with Gasteiger partial charge in [-0.05, 0) is 13.0 Å². The highest BCUT2D eigenvalue weighted by atomic mass is 16.1. The van der Waals surface area contributed by atoms with E-state index in [1.165, 1.54) is 0 Å². The van der Waals surface area contributed by atoms with Gasteiger partial charge in [0.2, 0.25) is 0 Å². The lowest BCUT2D eigenvalue weighted by atomic mass is 10.0. The van der Waals surface area contributed by atoms with Crippen molar-refractivity contribution in [3.63, 3.8) is 0 Å². The molecule has 21 heavy (non-hydrogen) atoms. The fourth-order valence-corrected chi connectivity index (χ4v) is 2.76. The Balaban J connectivity index is 2.00. The third kappa shape index (κ3) is 4.04. The Morgan fingerprint density at radius 1 is 1.24 bits per heavy atom. The van der Waals surface area contributed by atoms with Crippen molar-refractivity contribution in [1.29, 1.82) is 0 Å². The van der Waals surface area contributed by atoms with Gasteiger partial charge in [0.15, 0.2) is 5.82 Å². The number of nitrogens with one attached hydrogen (secondary N) is 1. The third-order valence-electron chi connectivity index (χ3n) is 4.27. The normalized spacial score (nSPS) is 18.9. The molecular formula is C15H27N5O. The van der Waals surface area contributed by atoms with Crippen LogP contribution < -0.4 is 10.9 Å². The van der Waals surface area contributed by atoms with Crippen LogP contribution in [-0.4, -0.2) is 65.2 Å². The van der Waals surface area contributed by atoms with Crippen LogP contribution >= 0.6 is 0 Å². The molecule has 1 atom stereocenters. The fourth-order valence-electron chi connectivity index (χ4n) is 2.76. The minimum absolute atomic E-state index is 0.0709. The van der Waals surface area contributed by atoms with Gasteiger partial charge in [-0.2, -0.15) is 0 Å². The first-order valence-electron chi connectivity index (χ1n) is 7.67. The zero-order valence-electron chi connectivity index (χ0n) is 13.5. The molecule has 1 saturated heterocycles. The smallest absolute Gasteiger partial charge is 0.293 e. The Morgan fingerprint density at radius 2 is 1.90 bits per heavy atom. The topological polar surface area (TPSA) is 53.4 Å². The summed E-state index contributed by atoms with van der Waals surface area (Å²) in [6.07, 6.45) is 3.33. The van der Waals surface area contributed by atoms with Gasteiger partial charge in [-0.3, -0.25) is 9.69 Å². The van der Waals surface area contributed by atoms with Gasteiger partial charge in [-0.25, -0.2) is 4.98 Å². The van der Waals surface area contributed by atoms with Crippen LogP contribution in [0, 0.1) is 5.92 Å². The summed E-state index contributed by atoms with van der Waals surface area (Å²) in [6.45, 7) is 9.61. The lowest BCUT2D eigenvalue weighted by molar-refractivity contribution is 0.0943. The number of rotatable bonds is 5. The van der Waals surface area contributed by atoms with Crippen LogP contribution in [0.3, 0.4) is 0 Å². The van der Waals surface area contributed by atoms with Gasteiger partial charge in [-0.15, -0.1) is 0 Å². The SMILES string of the molecule is CC(C)C(CNc1nccn(C)c1=O)N1CCN(C)CC1. The molecule has 1 aromatic heterocycles. The van der Waals surface area contributed by atoms with E-state index in [1.807, 2.05) is 0 Å². The minimum Gasteiger partial charge on any atom is -0.364 e. The highest BCUT2D eigenvalue weighted by Gasteiger charge is 2.25. The van der Waals surface area contributed by atoms with E-state index in [0.29, 0.717) is 17.8 Å². The molecule has 1 aliphatic rings. The van der Waals surface area contributed by atoms with Gasteiger partial charge in [0.25, 0.3) is 5.56 Å². The predicted octanol–water partition coefficient (Wildman–Crippen LogP) is 0.464. The van der Waals surface area contributed by atoms with Crippen LogP contribution in [0.25, 0.3) is 0 Å². The van der Waals surface area contributed by atoms with Gasteiger partial charge < -0.3 is 14.8 Å². The zero-order chi connectivity index (χ0) is 15.4. The van der Waals surface area contributed by atoms with Crippen LogP contribution in [0.4, 0.5) is 5.82 Å². The number of aryl methyl sites for hydroxylation is 1. The van der Waals surface area contributed by atoms with Crippen LogP contribution in [0.5, 0.6) is 0 Å². The predicted molar refractivity (Wildman–Crippen MR) is 85.7 cm³/mol. The zero-order valence-corrected chi connectivity index (χ0v) is 13.5. The van der Waals surface area contributed by atoms with Crippen molar-refractivity contribution in [2.45, 2.75) is 19.9 Å². The average Bonchev–Trinajstić information content (AvgIpc) is 2.45. The molecule has 1 aliphatic heterocycles. The highest BCUT2D eigenvalue weighted by molar-refractivity contribution is 5.30. The summed E-state index contributed by atoms with van der Waals surface area (Å²) in [5.74, 6) is 0.980. The maximum atomic E-state index is 12.0. The Morgan fingerprint density at radius 3 is 2.52 bits per heavy atom. The van der Waals surface area contributed by atoms with Crippen LogP contribution in [0.1, 0.15) is 13.8 Å². The Kier molecular flexibility index (Phi) is 5.36. The molecule has 118 valence electrons. The molecule has 1 N–H and O–H groups in total. The molecule has 1 fully saturated rings. The second kappa shape index (κ2) is 7.04. The molecule has 0 saturated carbocycles. The Hall–Kier alpha value is -1.40. The molecule has 2 rings (SSSR count). The van der Waals surface area contributed by atoms with Crippen LogP contribution in [-0.2, 0) is 7.05 Å². The lowest BCUT2D eigenvalue weighted by Crippen LogP contribution is -2.53. The van der Waals surface area contributed by atoms with Gasteiger partial charge in [0, 0.05) is 58.2 Å². The van der Waals surface area contributed by atoms with E-state index >= 15 is 0 Å². The van der Waals surface area contributed by atoms with Crippen molar-refractivity contribution in [2.24, 2.45) is 13.0 Å².